The molecule has 3 heteroatoms. The van der Waals surface area contributed by atoms with E-state index in [9.17, 15) is 5.26 Å². The van der Waals surface area contributed by atoms with E-state index in [4.69, 9.17) is 0 Å². The Morgan fingerprint density at radius 1 is 1.33 bits per heavy atom. The molecule has 1 N–H and O–H groups in total. The van der Waals surface area contributed by atoms with Crippen LogP contribution in [-0.4, -0.2) is 36.6 Å². The smallest absolute Gasteiger partial charge is 0.116 e. The van der Waals surface area contributed by atoms with Crippen molar-refractivity contribution in [3.05, 3.63) is 0 Å². The highest BCUT2D eigenvalue weighted by atomic mass is 15.2. The van der Waals surface area contributed by atoms with Gasteiger partial charge in [-0.05, 0) is 45.8 Å². The van der Waals surface area contributed by atoms with E-state index in [1.54, 1.807) is 0 Å². The number of piperidine rings is 1. The molecule has 1 rings (SSSR count). The molecule has 3 nitrogen and oxygen atoms in total. The normalized spacial score (nSPS) is 21.9. The predicted molar refractivity (Wildman–Crippen MR) is 62.6 cm³/mol. The highest BCUT2D eigenvalue weighted by Crippen LogP contribution is 2.13. The van der Waals surface area contributed by atoms with Crippen molar-refractivity contribution in [3.63, 3.8) is 0 Å². The quantitative estimate of drug-likeness (QED) is 0.750. The van der Waals surface area contributed by atoms with Crippen LogP contribution in [0.25, 0.3) is 0 Å². The van der Waals surface area contributed by atoms with Crippen molar-refractivity contribution in [1.82, 2.24) is 10.2 Å². The Hall–Kier alpha value is -0.590. The molecule has 0 saturated carbocycles. The number of hydrogen-bond donors (Lipinski definition) is 1. The van der Waals surface area contributed by atoms with Crippen LogP contribution in [0, 0.1) is 11.3 Å². The maximum atomic E-state index is 9.20. The van der Waals surface area contributed by atoms with Crippen LogP contribution in [-0.2, 0) is 0 Å². The molecule has 1 saturated heterocycles. The molecular formula is C12H23N3. The van der Waals surface area contributed by atoms with Crippen molar-refractivity contribution in [1.29, 1.82) is 5.26 Å². The maximum absolute atomic E-state index is 9.20. The highest BCUT2D eigenvalue weighted by molar-refractivity contribution is 5.05. The lowest BCUT2D eigenvalue weighted by Crippen LogP contribution is -2.51. The van der Waals surface area contributed by atoms with E-state index >= 15 is 0 Å². The molecule has 0 aliphatic carbocycles. The zero-order valence-electron chi connectivity index (χ0n) is 10.1. The third-order valence-corrected chi connectivity index (χ3v) is 3.00. The fraction of sp³-hybridized carbons (Fsp3) is 0.917. The number of nitrogens with one attached hydrogen (secondary N) is 1. The first kappa shape index (κ1) is 12.5. The summed E-state index contributed by atoms with van der Waals surface area (Å²) in [6, 6.07) is 2.41. The molecule has 0 amide bonds. The Balaban J connectivity index is 2.40. The van der Waals surface area contributed by atoms with E-state index < -0.39 is 0 Å². The molecule has 0 spiro atoms. The second kappa shape index (κ2) is 6.09. The van der Waals surface area contributed by atoms with Gasteiger partial charge in [-0.15, -0.1) is 0 Å². The molecule has 1 aliphatic heterocycles. The lowest BCUT2D eigenvalue weighted by Gasteiger charge is -2.33. The van der Waals surface area contributed by atoms with E-state index in [0.29, 0.717) is 0 Å². The van der Waals surface area contributed by atoms with Gasteiger partial charge < -0.3 is 4.90 Å². The van der Waals surface area contributed by atoms with Gasteiger partial charge in [-0.1, -0.05) is 13.3 Å². The summed E-state index contributed by atoms with van der Waals surface area (Å²) in [6.45, 7) is 8.25. The molecule has 86 valence electrons. The van der Waals surface area contributed by atoms with Gasteiger partial charge in [-0.2, -0.15) is 5.26 Å². The Morgan fingerprint density at radius 2 is 2.00 bits per heavy atom. The fourth-order valence-corrected chi connectivity index (χ4v) is 2.10. The van der Waals surface area contributed by atoms with Gasteiger partial charge in [0.25, 0.3) is 0 Å². The van der Waals surface area contributed by atoms with Crippen LogP contribution in [0.3, 0.4) is 0 Å². The standard InChI is InChI=1S/C12H23N3/c1-3-7-14-12(2,10-13)11-15-8-5-4-6-9-15/h14H,3-9,11H2,1-2H3. The Morgan fingerprint density at radius 3 is 2.53 bits per heavy atom. The summed E-state index contributed by atoms with van der Waals surface area (Å²) in [5.74, 6) is 0. The van der Waals surface area contributed by atoms with Crippen LogP contribution in [0.15, 0.2) is 0 Å². The first-order valence-electron chi connectivity index (χ1n) is 6.09. The van der Waals surface area contributed by atoms with Gasteiger partial charge in [-0.3, -0.25) is 5.32 Å². The second-order valence-electron chi connectivity index (χ2n) is 4.71. The maximum Gasteiger partial charge on any atom is 0.116 e. The minimum Gasteiger partial charge on any atom is -0.300 e. The van der Waals surface area contributed by atoms with E-state index in [2.05, 4.69) is 23.2 Å². The molecule has 0 aromatic rings. The predicted octanol–water partition coefficient (Wildman–Crippen LogP) is 1.75. The van der Waals surface area contributed by atoms with Gasteiger partial charge in [0.2, 0.25) is 0 Å². The summed E-state index contributed by atoms with van der Waals surface area (Å²) in [7, 11) is 0. The summed E-state index contributed by atoms with van der Waals surface area (Å²) in [6.07, 6.45) is 5.00. The van der Waals surface area contributed by atoms with E-state index in [0.717, 1.165) is 32.6 Å². The number of hydrogen-bond acceptors (Lipinski definition) is 3. The van der Waals surface area contributed by atoms with Crippen LogP contribution in [0.5, 0.6) is 0 Å². The third kappa shape index (κ3) is 4.19. The largest absolute Gasteiger partial charge is 0.300 e. The summed E-state index contributed by atoms with van der Waals surface area (Å²) in [5.41, 5.74) is -0.368. The van der Waals surface area contributed by atoms with Crippen molar-refractivity contribution in [2.24, 2.45) is 0 Å². The van der Waals surface area contributed by atoms with Crippen LogP contribution < -0.4 is 5.32 Å². The molecule has 1 heterocycles. The van der Waals surface area contributed by atoms with Crippen molar-refractivity contribution in [2.75, 3.05) is 26.2 Å². The zero-order valence-corrected chi connectivity index (χ0v) is 10.1. The van der Waals surface area contributed by atoms with Crippen molar-refractivity contribution >= 4 is 0 Å². The van der Waals surface area contributed by atoms with Crippen LogP contribution >= 0.6 is 0 Å². The van der Waals surface area contributed by atoms with Crippen molar-refractivity contribution in [3.8, 4) is 6.07 Å². The van der Waals surface area contributed by atoms with E-state index in [1.807, 2.05) is 6.92 Å². The van der Waals surface area contributed by atoms with Crippen LogP contribution in [0.4, 0.5) is 0 Å². The minimum absolute atomic E-state index is 0.368. The number of nitriles is 1. The second-order valence-corrected chi connectivity index (χ2v) is 4.71. The Kier molecular flexibility index (Phi) is 5.07. The first-order valence-corrected chi connectivity index (χ1v) is 6.09. The molecule has 1 fully saturated rings. The molecule has 0 aromatic carbocycles. The Bertz CT molecular complexity index is 215. The highest BCUT2D eigenvalue weighted by Gasteiger charge is 2.26. The lowest BCUT2D eigenvalue weighted by atomic mass is 10.0. The fourth-order valence-electron chi connectivity index (χ4n) is 2.10. The van der Waals surface area contributed by atoms with Crippen LogP contribution in [0.1, 0.15) is 39.5 Å². The van der Waals surface area contributed by atoms with Gasteiger partial charge in [0.1, 0.15) is 5.54 Å². The van der Waals surface area contributed by atoms with Gasteiger partial charge in [0.05, 0.1) is 6.07 Å². The summed E-state index contributed by atoms with van der Waals surface area (Å²) >= 11 is 0. The van der Waals surface area contributed by atoms with Crippen LogP contribution in [0.2, 0.25) is 0 Å². The minimum atomic E-state index is -0.368. The van der Waals surface area contributed by atoms with Gasteiger partial charge in [0.15, 0.2) is 0 Å². The monoisotopic (exact) mass is 209 g/mol. The summed E-state index contributed by atoms with van der Waals surface area (Å²) in [4.78, 5) is 2.41. The SMILES string of the molecule is CCCNC(C)(C#N)CN1CCCCC1. The topological polar surface area (TPSA) is 39.1 Å². The number of likely N-dealkylation sites (tertiary alicyclic amines) is 1. The first-order chi connectivity index (χ1) is 7.20. The zero-order chi connectivity index (χ0) is 11.1. The lowest BCUT2D eigenvalue weighted by molar-refractivity contribution is 0.188. The van der Waals surface area contributed by atoms with E-state index in [1.165, 1.54) is 19.3 Å². The number of nitrogens with zero attached hydrogens (tertiary/aromatic N) is 2. The number of rotatable bonds is 5. The molecule has 0 bridgehead atoms. The van der Waals surface area contributed by atoms with Gasteiger partial charge >= 0.3 is 0 Å². The van der Waals surface area contributed by atoms with E-state index in [-0.39, 0.29) is 5.54 Å². The van der Waals surface area contributed by atoms with Crippen molar-refractivity contribution in [2.45, 2.75) is 45.1 Å². The molecule has 15 heavy (non-hydrogen) atoms. The Labute approximate surface area is 93.5 Å². The molecular weight excluding hydrogens is 186 g/mol. The molecule has 0 radical (unpaired) electrons. The summed E-state index contributed by atoms with van der Waals surface area (Å²) < 4.78 is 0. The van der Waals surface area contributed by atoms with Crippen molar-refractivity contribution < 1.29 is 0 Å². The molecule has 1 atom stereocenters. The average Bonchev–Trinajstić information content (AvgIpc) is 2.28. The van der Waals surface area contributed by atoms with Gasteiger partial charge in [-0.25, -0.2) is 0 Å². The summed E-state index contributed by atoms with van der Waals surface area (Å²) in [5, 5.41) is 12.5. The molecule has 1 unspecified atom stereocenters. The average molecular weight is 209 g/mol. The van der Waals surface area contributed by atoms with Gasteiger partial charge in [0, 0.05) is 6.54 Å². The molecule has 0 aromatic heterocycles. The third-order valence-electron chi connectivity index (χ3n) is 3.00. The molecule has 1 aliphatic rings.